The van der Waals surface area contributed by atoms with Crippen LogP contribution in [0, 0.1) is 13.8 Å². The lowest BCUT2D eigenvalue weighted by Gasteiger charge is -2.24. The van der Waals surface area contributed by atoms with Gasteiger partial charge in [0.15, 0.2) is 6.61 Å². The Morgan fingerprint density at radius 3 is 2.30 bits per heavy atom. The van der Waals surface area contributed by atoms with Crippen LogP contribution in [-0.4, -0.2) is 71.4 Å². The molecule has 2 heterocycles. The lowest BCUT2D eigenvalue weighted by Crippen LogP contribution is -2.46. The molecule has 0 spiro atoms. The van der Waals surface area contributed by atoms with Crippen molar-refractivity contribution in [2.24, 2.45) is 0 Å². The Hall–Kier alpha value is -2.91. The fourth-order valence-corrected chi connectivity index (χ4v) is 4.45. The van der Waals surface area contributed by atoms with Crippen molar-refractivity contribution < 1.29 is 28.7 Å². The molecule has 1 aliphatic rings. The summed E-state index contributed by atoms with van der Waals surface area (Å²) in [6.45, 7) is 4.38. The van der Waals surface area contributed by atoms with Crippen molar-refractivity contribution in [2.45, 2.75) is 32.9 Å². The molecule has 1 atom stereocenters. The van der Waals surface area contributed by atoms with Crippen molar-refractivity contribution in [3.8, 4) is 0 Å². The van der Waals surface area contributed by atoms with Crippen LogP contribution in [0.1, 0.15) is 48.9 Å². The number of ether oxygens (including phenoxy) is 2. The summed E-state index contributed by atoms with van der Waals surface area (Å²) in [6.07, 6.45) is 2.11. The van der Waals surface area contributed by atoms with Crippen LogP contribution in [-0.2, 0) is 20.8 Å². The number of carbonyl (C=O) groups excluding carboxylic acids is 4. The molecule has 2 aromatic rings. The number of amides is 2. The summed E-state index contributed by atoms with van der Waals surface area (Å²) in [5, 5.41) is 0. The molecule has 1 aliphatic heterocycles. The van der Waals surface area contributed by atoms with Crippen LogP contribution < -0.4 is 0 Å². The first-order chi connectivity index (χ1) is 15.8. The quantitative estimate of drug-likeness (QED) is 0.282. The number of Topliss-reactive ketones (excluding diaryl/α,β-unsaturated/α-hetero) is 1. The zero-order valence-corrected chi connectivity index (χ0v) is 20.1. The monoisotopic (exact) mass is 472 g/mol. The summed E-state index contributed by atoms with van der Waals surface area (Å²) in [7, 11) is 1.61. The molecule has 3 rings (SSSR count). The maximum atomic E-state index is 13.0. The van der Waals surface area contributed by atoms with Crippen molar-refractivity contribution in [3.05, 3.63) is 58.4 Å². The topological polar surface area (TPSA) is 94.9 Å². The second-order valence-electron chi connectivity index (χ2n) is 7.78. The summed E-state index contributed by atoms with van der Waals surface area (Å²) < 4.78 is 12.4. The van der Waals surface area contributed by atoms with Crippen molar-refractivity contribution >= 4 is 35.3 Å². The molecule has 0 bridgehead atoms. The number of esters is 1. The van der Waals surface area contributed by atoms with Crippen LogP contribution in [0.15, 0.2) is 30.3 Å². The third-order valence-corrected chi connectivity index (χ3v) is 6.39. The number of nitrogens with zero attached hydrogens (tertiary/aromatic N) is 2. The van der Waals surface area contributed by atoms with Crippen LogP contribution in [0.3, 0.4) is 0 Å². The van der Waals surface area contributed by atoms with Gasteiger partial charge in [0.2, 0.25) is 5.78 Å². The van der Waals surface area contributed by atoms with Crippen LogP contribution in [0.2, 0.25) is 0 Å². The van der Waals surface area contributed by atoms with Gasteiger partial charge in [-0.1, -0.05) is 12.1 Å². The largest absolute Gasteiger partial charge is 0.456 e. The van der Waals surface area contributed by atoms with Gasteiger partial charge in [0.05, 0.1) is 17.7 Å². The maximum Gasteiger partial charge on any atom is 0.329 e. The highest BCUT2D eigenvalue weighted by Gasteiger charge is 2.43. The Morgan fingerprint density at radius 1 is 1.09 bits per heavy atom. The van der Waals surface area contributed by atoms with E-state index in [2.05, 4.69) is 0 Å². The van der Waals surface area contributed by atoms with E-state index < -0.39 is 30.4 Å². The van der Waals surface area contributed by atoms with E-state index in [1.54, 1.807) is 37.4 Å². The molecule has 1 aromatic heterocycles. The highest BCUT2D eigenvalue weighted by atomic mass is 32.2. The fourth-order valence-electron chi connectivity index (χ4n) is 3.99. The number of ketones is 1. The minimum atomic E-state index is -1.09. The Labute approximate surface area is 197 Å². The van der Waals surface area contributed by atoms with Gasteiger partial charge in [0.25, 0.3) is 11.8 Å². The van der Waals surface area contributed by atoms with Gasteiger partial charge >= 0.3 is 5.97 Å². The molecule has 9 heteroatoms. The van der Waals surface area contributed by atoms with Gasteiger partial charge in [-0.3, -0.25) is 19.3 Å². The number of rotatable bonds is 11. The predicted molar refractivity (Wildman–Crippen MR) is 125 cm³/mol. The molecule has 0 aliphatic carbocycles. The van der Waals surface area contributed by atoms with E-state index >= 15 is 0 Å². The lowest BCUT2D eigenvalue weighted by atomic mass is 10.1. The molecule has 2 amide bonds. The number of fused-ring (bicyclic) bond motifs is 1. The second kappa shape index (κ2) is 10.8. The lowest BCUT2D eigenvalue weighted by molar-refractivity contribution is -0.147. The molecule has 8 nitrogen and oxygen atoms in total. The number of thioether (sulfide) groups is 1. The Morgan fingerprint density at radius 2 is 1.73 bits per heavy atom. The van der Waals surface area contributed by atoms with Crippen molar-refractivity contribution in [1.29, 1.82) is 0 Å². The van der Waals surface area contributed by atoms with Gasteiger partial charge in [-0.2, -0.15) is 11.8 Å². The predicted octanol–water partition coefficient (Wildman–Crippen LogP) is 2.90. The zero-order valence-electron chi connectivity index (χ0n) is 19.3. The number of carbonyl (C=O) groups is 4. The summed E-state index contributed by atoms with van der Waals surface area (Å²) in [5.41, 5.74) is 2.68. The van der Waals surface area contributed by atoms with Crippen molar-refractivity contribution in [2.75, 3.05) is 32.3 Å². The van der Waals surface area contributed by atoms with E-state index in [-0.39, 0.29) is 23.3 Å². The molecule has 0 saturated carbocycles. The van der Waals surface area contributed by atoms with E-state index in [1.165, 1.54) is 11.8 Å². The van der Waals surface area contributed by atoms with Gasteiger partial charge in [0.1, 0.15) is 6.04 Å². The number of aromatic nitrogens is 1. The first-order valence-corrected chi connectivity index (χ1v) is 12.0. The minimum Gasteiger partial charge on any atom is -0.456 e. The van der Waals surface area contributed by atoms with Crippen LogP contribution >= 0.6 is 11.8 Å². The highest BCUT2D eigenvalue weighted by Crippen LogP contribution is 2.27. The summed E-state index contributed by atoms with van der Waals surface area (Å²) >= 11 is 1.49. The minimum absolute atomic E-state index is 0.241. The van der Waals surface area contributed by atoms with E-state index in [1.807, 2.05) is 24.7 Å². The molecule has 0 saturated heterocycles. The molecule has 1 aromatic carbocycles. The highest BCUT2D eigenvalue weighted by molar-refractivity contribution is 7.98. The van der Waals surface area contributed by atoms with E-state index in [0.717, 1.165) is 16.3 Å². The molecule has 0 N–H and O–H groups in total. The summed E-state index contributed by atoms with van der Waals surface area (Å²) in [5.74, 6) is -1.61. The molecular formula is C24H28N2O6S. The third-order valence-electron chi connectivity index (χ3n) is 5.74. The van der Waals surface area contributed by atoms with Gasteiger partial charge < -0.3 is 14.0 Å². The molecule has 33 heavy (non-hydrogen) atoms. The first kappa shape index (κ1) is 24.7. The normalized spacial score (nSPS) is 13.9. The van der Waals surface area contributed by atoms with Crippen molar-refractivity contribution in [1.82, 2.24) is 9.47 Å². The number of imide groups is 1. The molecule has 1 unspecified atom stereocenters. The molecule has 176 valence electrons. The van der Waals surface area contributed by atoms with Gasteiger partial charge in [-0.05, 0) is 50.5 Å². The number of hydrogen-bond acceptors (Lipinski definition) is 7. The number of methoxy groups -OCH3 is 1. The number of benzene rings is 1. The Kier molecular flexibility index (Phi) is 8.10. The summed E-state index contributed by atoms with van der Waals surface area (Å²) in [6, 6.07) is 7.14. The van der Waals surface area contributed by atoms with E-state index in [9.17, 15) is 19.2 Å². The fraction of sp³-hybridized carbons (Fsp3) is 0.417. The van der Waals surface area contributed by atoms with Crippen molar-refractivity contribution in [3.63, 3.8) is 0 Å². The number of hydrogen-bond donors (Lipinski definition) is 0. The summed E-state index contributed by atoms with van der Waals surface area (Å²) in [4.78, 5) is 52.4. The van der Waals surface area contributed by atoms with Crippen LogP contribution in [0.5, 0.6) is 0 Å². The third kappa shape index (κ3) is 5.04. The molecule has 0 fully saturated rings. The second-order valence-corrected chi connectivity index (χ2v) is 8.77. The standard InChI is InChI=1S/C24H28N2O6S/c1-15-13-19(16(2)25(15)10-11-31-3)21(27)14-32-24(30)20(9-12-33-4)26-22(28)17-7-5-6-8-18(17)23(26)29/h5-8,13,20H,9-12,14H2,1-4H3. The van der Waals surface area contributed by atoms with E-state index in [0.29, 0.717) is 24.5 Å². The average molecular weight is 473 g/mol. The smallest absolute Gasteiger partial charge is 0.329 e. The Bertz CT molecular complexity index is 1040. The zero-order chi connectivity index (χ0) is 24.1. The van der Waals surface area contributed by atoms with Crippen LogP contribution in [0.4, 0.5) is 0 Å². The SMILES string of the molecule is COCCn1c(C)cc(C(=O)COC(=O)C(CCSC)N2C(=O)c3ccccc3C2=O)c1C. The van der Waals surface area contributed by atoms with Gasteiger partial charge in [-0.15, -0.1) is 0 Å². The van der Waals surface area contributed by atoms with E-state index in [4.69, 9.17) is 9.47 Å². The molecular weight excluding hydrogens is 444 g/mol. The van der Waals surface area contributed by atoms with Crippen LogP contribution in [0.25, 0.3) is 0 Å². The van der Waals surface area contributed by atoms with Gasteiger partial charge in [0, 0.05) is 30.6 Å². The number of aryl methyl sites for hydroxylation is 1. The first-order valence-electron chi connectivity index (χ1n) is 10.6. The average Bonchev–Trinajstić information content (AvgIpc) is 3.24. The molecule has 0 radical (unpaired) electrons. The maximum absolute atomic E-state index is 13.0. The Balaban J connectivity index is 1.74. The van der Waals surface area contributed by atoms with Gasteiger partial charge in [-0.25, -0.2) is 4.79 Å².